The van der Waals surface area contributed by atoms with Crippen molar-refractivity contribution in [1.29, 1.82) is 0 Å². The van der Waals surface area contributed by atoms with E-state index in [4.69, 9.17) is 15.0 Å². The second kappa shape index (κ2) is 6.72. The van der Waals surface area contributed by atoms with E-state index in [9.17, 15) is 9.18 Å². The highest BCUT2D eigenvalue weighted by molar-refractivity contribution is 5.90. The number of hydrogen-bond donors (Lipinski definition) is 0. The van der Waals surface area contributed by atoms with Crippen molar-refractivity contribution >= 4 is 17.5 Å². The Bertz CT molecular complexity index is 637. The number of carbonyl (C=O) groups is 1. The van der Waals surface area contributed by atoms with Crippen LogP contribution in [0.15, 0.2) is 29.4 Å². The van der Waals surface area contributed by atoms with Crippen LogP contribution in [0, 0.1) is 0 Å². The summed E-state index contributed by atoms with van der Waals surface area (Å²) >= 11 is 0. The topological polar surface area (TPSA) is 90.8 Å². The van der Waals surface area contributed by atoms with Gasteiger partial charge >= 0.3 is 6.09 Å². The van der Waals surface area contributed by atoms with Crippen molar-refractivity contribution in [3.05, 3.63) is 34.7 Å². The maximum atomic E-state index is 14.0. The van der Waals surface area contributed by atoms with Crippen LogP contribution < -0.4 is 9.80 Å². The summed E-state index contributed by atoms with van der Waals surface area (Å²) in [5.41, 5.74) is 9.64. The number of azide groups is 1. The first-order chi connectivity index (χ1) is 11.2. The molecule has 1 aromatic carbocycles. The fourth-order valence-electron chi connectivity index (χ4n) is 2.66. The first kappa shape index (κ1) is 15.4. The van der Waals surface area contributed by atoms with E-state index in [1.165, 1.54) is 4.90 Å². The number of amides is 1. The molecule has 2 fully saturated rings. The SMILES string of the molecule is [N-]=[N+]=NCC1CN(c2cccc(N3CCOCC3F)c2)C(=O)O1. The number of ether oxygens (including phenoxy) is 2. The zero-order valence-electron chi connectivity index (χ0n) is 12.3. The summed E-state index contributed by atoms with van der Waals surface area (Å²) in [6.45, 7) is 1.33. The summed E-state index contributed by atoms with van der Waals surface area (Å²) in [5.74, 6) is 0. The zero-order valence-corrected chi connectivity index (χ0v) is 12.3. The lowest BCUT2D eigenvalue weighted by atomic mass is 10.2. The van der Waals surface area contributed by atoms with E-state index in [-0.39, 0.29) is 13.2 Å². The van der Waals surface area contributed by atoms with E-state index >= 15 is 0 Å². The highest BCUT2D eigenvalue weighted by Gasteiger charge is 2.32. The first-order valence-corrected chi connectivity index (χ1v) is 7.26. The molecule has 1 aromatic rings. The fraction of sp³-hybridized carbons (Fsp3) is 0.500. The van der Waals surface area contributed by atoms with Gasteiger partial charge in [0, 0.05) is 22.8 Å². The molecule has 2 atom stereocenters. The molecule has 2 saturated heterocycles. The van der Waals surface area contributed by atoms with Crippen molar-refractivity contribution in [3.63, 3.8) is 0 Å². The standard InChI is InChI=1S/C14H16FN5O3/c15-13-9-22-5-4-19(13)10-2-1-3-11(6-10)20-8-12(7-17-18-16)23-14(20)21/h1-3,6,12-13H,4-5,7-9H2. The highest BCUT2D eigenvalue weighted by Crippen LogP contribution is 2.28. The van der Waals surface area contributed by atoms with E-state index in [2.05, 4.69) is 10.0 Å². The van der Waals surface area contributed by atoms with Crippen LogP contribution in [0.3, 0.4) is 0 Å². The van der Waals surface area contributed by atoms with Crippen LogP contribution in [0.4, 0.5) is 20.6 Å². The molecule has 0 N–H and O–H groups in total. The molecular formula is C14H16FN5O3. The van der Waals surface area contributed by atoms with Crippen molar-refractivity contribution in [2.24, 2.45) is 5.11 Å². The molecule has 23 heavy (non-hydrogen) atoms. The summed E-state index contributed by atoms with van der Waals surface area (Å²) in [6.07, 6.45) is -2.18. The maximum Gasteiger partial charge on any atom is 0.414 e. The summed E-state index contributed by atoms with van der Waals surface area (Å²) in [5, 5.41) is 3.42. The molecule has 8 nitrogen and oxygen atoms in total. The Kier molecular flexibility index (Phi) is 4.50. The number of carbonyl (C=O) groups excluding carboxylic acids is 1. The molecule has 0 radical (unpaired) electrons. The monoisotopic (exact) mass is 321 g/mol. The lowest BCUT2D eigenvalue weighted by Gasteiger charge is -2.32. The van der Waals surface area contributed by atoms with Crippen molar-refractivity contribution in [2.75, 3.05) is 42.6 Å². The van der Waals surface area contributed by atoms with Crippen LogP contribution in [-0.4, -0.2) is 51.3 Å². The van der Waals surface area contributed by atoms with Gasteiger partial charge in [-0.25, -0.2) is 9.18 Å². The molecule has 1 amide bonds. The molecule has 2 aliphatic rings. The second-order valence-electron chi connectivity index (χ2n) is 5.25. The Balaban J connectivity index is 1.77. The zero-order chi connectivity index (χ0) is 16.2. The molecular weight excluding hydrogens is 305 g/mol. The summed E-state index contributed by atoms with van der Waals surface area (Å²) < 4.78 is 24.2. The maximum absolute atomic E-state index is 14.0. The molecule has 2 unspecified atom stereocenters. The number of cyclic esters (lactones) is 1. The molecule has 2 heterocycles. The Labute approximate surface area is 132 Å². The van der Waals surface area contributed by atoms with Gasteiger partial charge in [0.15, 0.2) is 6.30 Å². The molecule has 0 saturated carbocycles. The Hall–Kier alpha value is -2.51. The van der Waals surface area contributed by atoms with Gasteiger partial charge in [0.1, 0.15) is 6.10 Å². The van der Waals surface area contributed by atoms with Crippen molar-refractivity contribution in [1.82, 2.24) is 0 Å². The summed E-state index contributed by atoms with van der Waals surface area (Å²) in [6, 6.07) is 7.06. The average Bonchev–Trinajstić information content (AvgIpc) is 2.94. The summed E-state index contributed by atoms with van der Waals surface area (Å²) in [4.78, 5) is 17.7. The number of halogens is 1. The fourth-order valence-corrected chi connectivity index (χ4v) is 2.66. The van der Waals surface area contributed by atoms with Gasteiger partial charge in [-0.1, -0.05) is 11.2 Å². The number of benzene rings is 1. The second-order valence-corrected chi connectivity index (χ2v) is 5.25. The van der Waals surface area contributed by atoms with Gasteiger partial charge in [-0.05, 0) is 23.7 Å². The highest BCUT2D eigenvalue weighted by atomic mass is 19.1. The smallest absolute Gasteiger partial charge is 0.414 e. The first-order valence-electron chi connectivity index (χ1n) is 7.26. The van der Waals surface area contributed by atoms with Crippen LogP contribution in [-0.2, 0) is 9.47 Å². The number of anilines is 2. The number of rotatable bonds is 4. The molecule has 0 bridgehead atoms. The van der Waals surface area contributed by atoms with Gasteiger partial charge in [0.05, 0.1) is 26.3 Å². The van der Waals surface area contributed by atoms with Gasteiger partial charge in [0.25, 0.3) is 0 Å². The molecule has 122 valence electrons. The minimum atomic E-state index is -1.21. The number of hydrogen-bond acceptors (Lipinski definition) is 5. The van der Waals surface area contributed by atoms with Crippen LogP contribution in [0.2, 0.25) is 0 Å². The molecule has 9 heteroatoms. The van der Waals surface area contributed by atoms with E-state index in [0.29, 0.717) is 31.1 Å². The minimum Gasteiger partial charge on any atom is -0.444 e. The Morgan fingerprint density at radius 3 is 3.04 bits per heavy atom. The summed E-state index contributed by atoms with van der Waals surface area (Å²) in [7, 11) is 0. The number of alkyl halides is 1. The molecule has 3 rings (SSSR count). The van der Waals surface area contributed by atoms with Gasteiger partial charge in [-0.3, -0.25) is 4.90 Å². The molecule has 0 aliphatic carbocycles. The lowest BCUT2D eigenvalue weighted by molar-refractivity contribution is 0.0497. The molecule has 0 spiro atoms. The Morgan fingerprint density at radius 1 is 1.43 bits per heavy atom. The van der Waals surface area contributed by atoms with Crippen molar-refractivity contribution in [2.45, 2.75) is 12.4 Å². The van der Waals surface area contributed by atoms with Gasteiger partial charge in [-0.15, -0.1) is 0 Å². The van der Waals surface area contributed by atoms with Crippen LogP contribution in [0.1, 0.15) is 0 Å². The third-order valence-corrected chi connectivity index (χ3v) is 3.77. The van der Waals surface area contributed by atoms with Gasteiger partial charge < -0.3 is 14.4 Å². The molecule has 2 aliphatic heterocycles. The van der Waals surface area contributed by atoms with E-state index in [0.717, 1.165) is 0 Å². The van der Waals surface area contributed by atoms with Crippen molar-refractivity contribution < 1.29 is 18.7 Å². The predicted molar refractivity (Wildman–Crippen MR) is 81.1 cm³/mol. The molecule has 0 aromatic heterocycles. The Morgan fingerprint density at radius 2 is 2.26 bits per heavy atom. The van der Waals surface area contributed by atoms with E-state index in [1.807, 2.05) is 0 Å². The van der Waals surface area contributed by atoms with Crippen LogP contribution in [0.25, 0.3) is 10.4 Å². The van der Waals surface area contributed by atoms with Crippen molar-refractivity contribution in [3.8, 4) is 0 Å². The third kappa shape index (κ3) is 3.30. The lowest BCUT2D eigenvalue weighted by Crippen LogP contribution is -2.43. The van der Waals surface area contributed by atoms with Gasteiger partial charge in [0.2, 0.25) is 0 Å². The van der Waals surface area contributed by atoms with Gasteiger partial charge in [-0.2, -0.15) is 0 Å². The normalized spacial score (nSPS) is 24.3. The van der Waals surface area contributed by atoms with E-state index in [1.54, 1.807) is 29.2 Å². The van der Waals surface area contributed by atoms with Crippen LogP contribution >= 0.6 is 0 Å². The largest absolute Gasteiger partial charge is 0.444 e. The minimum absolute atomic E-state index is 0.0320. The number of morpholine rings is 1. The van der Waals surface area contributed by atoms with E-state index < -0.39 is 18.5 Å². The van der Waals surface area contributed by atoms with Crippen LogP contribution in [0.5, 0.6) is 0 Å². The predicted octanol–water partition coefficient (Wildman–Crippen LogP) is 2.45. The number of nitrogens with zero attached hydrogens (tertiary/aromatic N) is 5. The average molecular weight is 321 g/mol. The quantitative estimate of drug-likeness (QED) is 0.368. The third-order valence-electron chi connectivity index (χ3n) is 3.77.